The molecular weight excluding hydrogens is 445 g/mol. The van der Waals surface area contributed by atoms with Crippen LogP contribution in [0.2, 0.25) is 0 Å². The Labute approximate surface area is 173 Å². The van der Waals surface area contributed by atoms with E-state index < -0.39 is 0 Å². The molecule has 2 heterocycles. The second kappa shape index (κ2) is 11.8. The monoisotopic (exact) mass is 477 g/mol. The van der Waals surface area contributed by atoms with E-state index in [-0.39, 0.29) is 30.1 Å². The average molecular weight is 477 g/mol. The van der Waals surface area contributed by atoms with E-state index in [2.05, 4.69) is 17.3 Å². The van der Waals surface area contributed by atoms with Gasteiger partial charge in [-0.15, -0.1) is 24.0 Å². The van der Waals surface area contributed by atoms with E-state index in [1.54, 1.807) is 6.26 Å². The van der Waals surface area contributed by atoms with Crippen molar-refractivity contribution in [1.29, 1.82) is 0 Å². The summed E-state index contributed by atoms with van der Waals surface area (Å²) >= 11 is 0. The molecule has 1 aromatic heterocycles. The Morgan fingerprint density at radius 2 is 2.27 bits per heavy atom. The Bertz CT molecular complexity index is 514. The summed E-state index contributed by atoms with van der Waals surface area (Å²) in [6.07, 6.45) is 7.74. The van der Waals surface area contributed by atoms with E-state index in [4.69, 9.17) is 18.9 Å². The van der Waals surface area contributed by atoms with Gasteiger partial charge in [0.05, 0.1) is 25.5 Å². The number of halogens is 1. The van der Waals surface area contributed by atoms with Crippen LogP contribution in [0.1, 0.15) is 31.4 Å². The number of rotatable bonds is 10. The van der Waals surface area contributed by atoms with Crippen LogP contribution in [0, 0.1) is 5.92 Å². The summed E-state index contributed by atoms with van der Waals surface area (Å²) in [4.78, 5) is 6.91. The molecule has 1 N–H and O–H groups in total. The lowest BCUT2D eigenvalue weighted by Gasteiger charge is -2.23. The molecule has 0 bridgehead atoms. The molecule has 6 nitrogen and oxygen atoms in total. The number of aliphatic imine (C=N–C) groups is 1. The third-order valence-corrected chi connectivity index (χ3v) is 4.69. The predicted molar refractivity (Wildman–Crippen MR) is 113 cm³/mol. The molecule has 3 rings (SSSR count). The second-order valence-electron chi connectivity index (χ2n) is 7.00. The Balaban J connectivity index is 0.00000243. The highest BCUT2D eigenvalue weighted by Crippen LogP contribution is 2.28. The quantitative estimate of drug-likeness (QED) is 0.243. The standard InChI is InChI=1S/C19H31N3O3.HI/c1-22(10-13-23-15-16-6-7-16)19(21-14-18-5-3-12-25-18)20-9-8-17-4-2-11-24-17;/h2,4,11,16,18H,3,5-10,12-15H2,1H3,(H,20,21);1H. The molecule has 148 valence electrons. The van der Waals surface area contributed by atoms with Crippen molar-refractivity contribution in [3.05, 3.63) is 24.2 Å². The fourth-order valence-corrected chi connectivity index (χ4v) is 2.88. The van der Waals surface area contributed by atoms with Crippen LogP contribution in [0.3, 0.4) is 0 Å². The van der Waals surface area contributed by atoms with Crippen molar-refractivity contribution >= 4 is 29.9 Å². The van der Waals surface area contributed by atoms with Crippen molar-refractivity contribution < 1.29 is 13.9 Å². The SMILES string of the molecule is CN(CCOCC1CC1)C(=NCC1CCCO1)NCCc1ccco1.I. The van der Waals surface area contributed by atoms with Crippen molar-refractivity contribution in [1.82, 2.24) is 10.2 Å². The summed E-state index contributed by atoms with van der Waals surface area (Å²) < 4.78 is 16.8. The van der Waals surface area contributed by atoms with E-state index in [1.807, 2.05) is 12.1 Å². The first-order chi connectivity index (χ1) is 12.3. The maximum absolute atomic E-state index is 5.76. The highest BCUT2D eigenvalue weighted by molar-refractivity contribution is 14.0. The zero-order chi connectivity index (χ0) is 17.3. The number of furan rings is 1. The molecule has 26 heavy (non-hydrogen) atoms. The molecule has 1 unspecified atom stereocenters. The van der Waals surface area contributed by atoms with Gasteiger partial charge in [0, 0.05) is 39.8 Å². The number of hydrogen-bond acceptors (Lipinski definition) is 4. The van der Waals surface area contributed by atoms with Crippen LogP contribution in [0.15, 0.2) is 27.8 Å². The maximum Gasteiger partial charge on any atom is 0.193 e. The topological polar surface area (TPSA) is 59.2 Å². The molecule has 1 aliphatic heterocycles. The number of nitrogens with one attached hydrogen (secondary N) is 1. The summed E-state index contributed by atoms with van der Waals surface area (Å²) in [5.74, 6) is 2.71. The van der Waals surface area contributed by atoms with Gasteiger partial charge in [0.1, 0.15) is 5.76 Å². The third-order valence-electron chi connectivity index (χ3n) is 4.69. The highest BCUT2D eigenvalue weighted by Gasteiger charge is 2.21. The minimum Gasteiger partial charge on any atom is -0.469 e. The van der Waals surface area contributed by atoms with Crippen LogP contribution < -0.4 is 5.32 Å². The van der Waals surface area contributed by atoms with Gasteiger partial charge in [-0.2, -0.15) is 0 Å². The number of hydrogen-bond donors (Lipinski definition) is 1. The molecule has 1 aliphatic carbocycles. The molecule has 0 aromatic carbocycles. The number of ether oxygens (including phenoxy) is 2. The van der Waals surface area contributed by atoms with Crippen molar-refractivity contribution in [2.75, 3.05) is 46.5 Å². The van der Waals surface area contributed by atoms with Gasteiger partial charge < -0.3 is 24.1 Å². The van der Waals surface area contributed by atoms with Crippen LogP contribution in [-0.2, 0) is 15.9 Å². The molecule has 2 aliphatic rings. The van der Waals surface area contributed by atoms with Crippen molar-refractivity contribution in [2.45, 2.75) is 38.2 Å². The van der Waals surface area contributed by atoms with Gasteiger partial charge in [-0.3, -0.25) is 4.99 Å². The second-order valence-corrected chi connectivity index (χ2v) is 7.00. The van der Waals surface area contributed by atoms with Crippen LogP contribution in [0.4, 0.5) is 0 Å². The minimum atomic E-state index is 0. The molecule has 1 aromatic rings. The first-order valence-electron chi connectivity index (χ1n) is 9.52. The van der Waals surface area contributed by atoms with Crippen molar-refractivity contribution in [2.24, 2.45) is 10.9 Å². The molecule has 1 saturated carbocycles. The first-order valence-corrected chi connectivity index (χ1v) is 9.52. The zero-order valence-corrected chi connectivity index (χ0v) is 18.0. The normalized spacial score (nSPS) is 20.0. The highest BCUT2D eigenvalue weighted by atomic mass is 127. The maximum atomic E-state index is 5.76. The summed E-state index contributed by atoms with van der Waals surface area (Å²) in [6.45, 7) is 4.87. The Morgan fingerprint density at radius 1 is 1.38 bits per heavy atom. The fraction of sp³-hybridized carbons (Fsp3) is 0.737. The molecule has 0 amide bonds. The van der Waals surface area contributed by atoms with Crippen molar-refractivity contribution in [3.8, 4) is 0 Å². The predicted octanol–water partition coefficient (Wildman–Crippen LogP) is 2.92. The van der Waals surface area contributed by atoms with Crippen LogP contribution in [-0.4, -0.2) is 63.5 Å². The summed E-state index contributed by atoms with van der Waals surface area (Å²) in [6, 6.07) is 3.92. The van der Waals surface area contributed by atoms with E-state index in [1.165, 1.54) is 12.8 Å². The fourth-order valence-electron chi connectivity index (χ4n) is 2.88. The zero-order valence-electron chi connectivity index (χ0n) is 15.7. The summed E-state index contributed by atoms with van der Waals surface area (Å²) in [7, 11) is 2.06. The summed E-state index contributed by atoms with van der Waals surface area (Å²) in [5, 5.41) is 3.45. The van der Waals surface area contributed by atoms with Crippen LogP contribution >= 0.6 is 24.0 Å². The number of likely N-dealkylation sites (N-methyl/N-ethyl adjacent to an activating group) is 1. The molecule has 0 radical (unpaired) electrons. The third kappa shape index (κ3) is 7.84. The molecule has 1 atom stereocenters. The van der Waals surface area contributed by atoms with Gasteiger partial charge in [-0.1, -0.05) is 0 Å². The average Bonchev–Trinajstić information content (AvgIpc) is 3.08. The van der Waals surface area contributed by atoms with Gasteiger partial charge in [0.2, 0.25) is 0 Å². The van der Waals surface area contributed by atoms with E-state index in [9.17, 15) is 0 Å². The number of guanidine groups is 1. The van der Waals surface area contributed by atoms with Gasteiger partial charge in [0.15, 0.2) is 5.96 Å². The van der Waals surface area contributed by atoms with Gasteiger partial charge >= 0.3 is 0 Å². The Hall–Kier alpha value is -0.800. The first kappa shape index (κ1) is 21.5. The molecular formula is C19H32IN3O3. The summed E-state index contributed by atoms with van der Waals surface area (Å²) in [5.41, 5.74) is 0. The van der Waals surface area contributed by atoms with Crippen LogP contribution in [0.5, 0.6) is 0 Å². The van der Waals surface area contributed by atoms with E-state index >= 15 is 0 Å². The van der Waals surface area contributed by atoms with E-state index in [0.29, 0.717) is 0 Å². The van der Waals surface area contributed by atoms with Gasteiger partial charge in [-0.25, -0.2) is 0 Å². The van der Waals surface area contributed by atoms with Crippen LogP contribution in [0.25, 0.3) is 0 Å². The lowest BCUT2D eigenvalue weighted by molar-refractivity contribution is 0.113. The van der Waals surface area contributed by atoms with Gasteiger partial charge in [0.25, 0.3) is 0 Å². The lowest BCUT2D eigenvalue weighted by atomic mass is 10.2. The van der Waals surface area contributed by atoms with Crippen molar-refractivity contribution in [3.63, 3.8) is 0 Å². The van der Waals surface area contributed by atoms with Gasteiger partial charge in [-0.05, 0) is 43.7 Å². The Morgan fingerprint density at radius 3 is 2.96 bits per heavy atom. The minimum absolute atomic E-state index is 0. The Kier molecular flexibility index (Phi) is 9.77. The lowest BCUT2D eigenvalue weighted by Crippen LogP contribution is -2.42. The molecule has 7 heteroatoms. The van der Waals surface area contributed by atoms with E-state index in [0.717, 1.165) is 76.4 Å². The molecule has 1 saturated heterocycles. The smallest absolute Gasteiger partial charge is 0.193 e. The molecule has 2 fully saturated rings. The largest absolute Gasteiger partial charge is 0.469 e. The number of nitrogens with zero attached hydrogens (tertiary/aromatic N) is 2. The molecule has 0 spiro atoms.